The molecule has 5 heteroatoms. The van der Waals surface area contributed by atoms with Gasteiger partial charge < -0.3 is 14.5 Å². The summed E-state index contributed by atoms with van der Waals surface area (Å²) in [7, 11) is 3.54. The van der Waals surface area contributed by atoms with Gasteiger partial charge in [-0.1, -0.05) is 12.1 Å². The van der Waals surface area contributed by atoms with E-state index in [1.807, 2.05) is 37.5 Å². The molecule has 1 unspecified atom stereocenters. The molecule has 1 atom stereocenters. The maximum atomic E-state index is 5.92. The van der Waals surface area contributed by atoms with Crippen LogP contribution >= 0.6 is 0 Å². The average molecular weight is 271 g/mol. The second-order valence-corrected chi connectivity index (χ2v) is 4.80. The van der Waals surface area contributed by atoms with E-state index in [4.69, 9.17) is 9.15 Å². The highest BCUT2D eigenvalue weighted by molar-refractivity contribution is 5.83. The molecule has 3 aromatic rings. The Kier molecular flexibility index (Phi) is 3.10. The predicted octanol–water partition coefficient (Wildman–Crippen LogP) is 3.35. The van der Waals surface area contributed by atoms with Crippen LogP contribution in [0.1, 0.15) is 18.7 Å². The lowest BCUT2D eigenvalue weighted by Crippen LogP contribution is -2.04. The number of fused-ring (bicyclic) bond motifs is 1. The van der Waals surface area contributed by atoms with Gasteiger partial charge in [-0.3, -0.25) is 4.68 Å². The maximum Gasteiger partial charge on any atom is 0.176 e. The van der Waals surface area contributed by atoms with Crippen LogP contribution in [0.2, 0.25) is 0 Å². The van der Waals surface area contributed by atoms with Crippen LogP contribution in [0, 0.1) is 0 Å². The minimum atomic E-state index is 0.0521. The highest BCUT2D eigenvalue weighted by Crippen LogP contribution is 2.31. The lowest BCUT2D eigenvalue weighted by molar-refractivity contribution is 0.406. The molecule has 0 saturated heterocycles. The van der Waals surface area contributed by atoms with Gasteiger partial charge in [-0.2, -0.15) is 5.10 Å². The van der Waals surface area contributed by atoms with Gasteiger partial charge in [0.15, 0.2) is 11.3 Å². The van der Waals surface area contributed by atoms with E-state index in [-0.39, 0.29) is 6.04 Å². The van der Waals surface area contributed by atoms with Crippen molar-refractivity contribution < 1.29 is 9.15 Å². The van der Waals surface area contributed by atoms with Gasteiger partial charge in [0.1, 0.15) is 5.76 Å². The molecule has 3 rings (SSSR count). The molecule has 104 valence electrons. The average Bonchev–Trinajstić information content (AvgIpc) is 3.04. The van der Waals surface area contributed by atoms with Crippen molar-refractivity contribution in [3.05, 3.63) is 42.4 Å². The van der Waals surface area contributed by atoms with Crippen molar-refractivity contribution in [1.29, 1.82) is 0 Å². The maximum absolute atomic E-state index is 5.92. The van der Waals surface area contributed by atoms with Crippen molar-refractivity contribution >= 4 is 16.7 Å². The Hall–Kier alpha value is -2.43. The lowest BCUT2D eigenvalue weighted by Gasteiger charge is -2.10. The van der Waals surface area contributed by atoms with E-state index < -0.39 is 0 Å². The van der Waals surface area contributed by atoms with Crippen LogP contribution in [-0.2, 0) is 7.05 Å². The molecule has 0 aliphatic rings. The minimum absolute atomic E-state index is 0.0521. The first-order valence-corrected chi connectivity index (χ1v) is 6.49. The minimum Gasteiger partial charge on any atom is -0.493 e. The van der Waals surface area contributed by atoms with Crippen LogP contribution in [0.15, 0.2) is 41.1 Å². The number of aryl methyl sites for hydroxylation is 1. The molecule has 0 fully saturated rings. The summed E-state index contributed by atoms with van der Waals surface area (Å²) in [5.74, 6) is 1.62. The van der Waals surface area contributed by atoms with Gasteiger partial charge in [-0.05, 0) is 19.1 Å². The molecule has 5 nitrogen and oxygen atoms in total. The largest absolute Gasteiger partial charge is 0.493 e. The van der Waals surface area contributed by atoms with Gasteiger partial charge in [0, 0.05) is 18.6 Å². The number of hydrogen-bond donors (Lipinski definition) is 1. The number of hydrogen-bond acceptors (Lipinski definition) is 4. The molecule has 0 amide bonds. The van der Waals surface area contributed by atoms with Gasteiger partial charge >= 0.3 is 0 Å². The fourth-order valence-corrected chi connectivity index (χ4v) is 2.25. The van der Waals surface area contributed by atoms with Crippen LogP contribution in [-0.4, -0.2) is 16.9 Å². The fourth-order valence-electron chi connectivity index (χ4n) is 2.25. The molecule has 0 aliphatic carbocycles. The third kappa shape index (κ3) is 2.22. The van der Waals surface area contributed by atoms with E-state index in [9.17, 15) is 0 Å². The Balaban J connectivity index is 1.89. The Labute approximate surface area is 117 Å². The molecule has 0 bridgehead atoms. The Bertz CT molecular complexity index is 730. The number of benzene rings is 1. The monoisotopic (exact) mass is 271 g/mol. The highest BCUT2D eigenvalue weighted by Gasteiger charge is 2.14. The summed E-state index contributed by atoms with van der Waals surface area (Å²) in [6.07, 6.45) is 3.72. The number of nitrogens with zero attached hydrogens (tertiary/aromatic N) is 2. The van der Waals surface area contributed by atoms with E-state index in [0.29, 0.717) is 0 Å². The zero-order valence-corrected chi connectivity index (χ0v) is 11.8. The molecule has 1 N–H and O–H groups in total. The van der Waals surface area contributed by atoms with Crippen molar-refractivity contribution in [2.75, 3.05) is 12.4 Å². The number of rotatable bonds is 4. The zero-order valence-electron chi connectivity index (χ0n) is 11.8. The van der Waals surface area contributed by atoms with E-state index in [2.05, 4.69) is 17.3 Å². The standard InChI is InChI=1S/C15H17N3O2/c1-10(17-12-8-16-18(2)9-12)14-7-11-5-4-6-13(19-3)15(11)20-14/h4-10,17H,1-3H3. The Morgan fingerprint density at radius 1 is 1.40 bits per heavy atom. The molecule has 1 aromatic carbocycles. The molecule has 2 heterocycles. The Morgan fingerprint density at radius 2 is 2.25 bits per heavy atom. The fraction of sp³-hybridized carbons (Fsp3) is 0.267. The van der Waals surface area contributed by atoms with Crippen LogP contribution in [0.5, 0.6) is 5.75 Å². The topological polar surface area (TPSA) is 52.2 Å². The molecule has 0 spiro atoms. The summed E-state index contributed by atoms with van der Waals surface area (Å²) in [5.41, 5.74) is 1.75. The van der Waals surface area contributed by atoms with E-state index in [1.165, 1.54) is 0 Å². The van der Waals surface area contributed by atoms with Crippen LogP contribution in [0.4, 0.5) is 5.69 Å². The number of aromatic nitrogens is 2. The first kappa shape index (κ1) is 12.6. The van der Waals surface area contributed by atoms with Gasteiger partial charge in [0.2, 0.25) is 0 Å². The second-order valence-electron chi connectivity index (χ2n) is 4.80. The summed E-state index contributed by atoms with van der Waals surface area (Å²) in [6, 6.07) is 7.96. The van der Waals surface area contributed by atoms with Crippen molar-refractivity contribution in [2.24, 2.45) is 7.05 Å². The van der Waals surface area contributed by atoms with Crippen LogP contribution < -0.4 is 10.1 Å². The summed E-state index contributed by atoms with van der Waals surface area (Å²) in [4.78, 5) is 0. The lowest BCUT2D eigenvalue weighted by atomic mass is 10.2. The first-order chi connectivity index (χ1) is 9.67. The Morgan fingerprint density at radius 3 is 2.95 bits per heavy atom. The van der Waals surface area contributed by atoms with E-state index in [1.54, 1.807) is 18.0 Å². The molecular weight excluding hydrogens is 254 g/mol. The van der Waals surface area contributed by atoms with Crippen molar-refractivity contribution in [3.63, 3.8) is 0 Å². The third-order valence-electron chi connectivity index (χ3n) is 3.26. The van der Waals surface area contributed by atoms with E-state index in [0.717, 1.165) is 28.2 Å². The first-order valence-electron chi connectivity index (χ1n) is 6.49. The van der Waals surface area contributed by atoms with E-state index >= 15 is 0 Å². The summed E-state index contributed by atoms with van der Waals surface area (Å²) < 4.78 is 13.0. The second kappa shape index (κ2) is 4.92. The number of methoxy groups -OCH3 is 1. The molecule has 0 saturated carbocycles. The zero-order chi connectivity index (χ0) is 14.1. The summed E-state index contributed by atoms with van der Waals surface area (Å²) >= 11 is 0. The number of anilines is 1. The highest BCUT2D eigenvalue weighted by atomic mass is 16.5. The number of furan rings is 1. The normalized spacial score (nSPS) is 12.6. The molecular formula is C15H17N3O2. The molecule has 2 aromatic heterocycles. The number of ether oxygens (including phenoxy) is 1. The number of para-hydroxylation sites is 1. The van der Waals surface area contributed by atoms with Crippen molar-refractivity contribution in [1.82, 2.24) is 9.78 Å². The SMILES string of the molecule is COc1cccc2cc(C(C)Nc3cnn(C)c3)oc12. The van der Waals surface area contributed by atoms with Crippen LogP contribution in [0.3, 0.4) is 0 Å². The quantitative estimate of drug-likeness (QED) is 0.790. The van der Waals surface area contributed by atoms with Gasteiger partial charge in [0.25, 0.3) is 0 Å². The van der Waals surface area contributed by atoms with Gasteiger partial charge in [-0.15, -0.1) is 0 Å². The van der Waals surface area contributed by atoms with Gasteiger partial charge in [-0.25, -0.2) is 0 Å². The summed E-state index contributed by atoms with van der Waals surface area (Å²) in [6.45, 7) is 2.05. The molecule has 0 aliphatic heterocycles. The number of nitrogens with one attached hydrogen (secondary N) is 1. The summed E-state index contributed by atoms with van der Waals surface area (Å²) in [5, 5.41) is 8.54. The van der Waals surface area contributed by atoms with Crippen LogP contribution in [0.25, 0.3) is 11.0 Å². The van der Waals surface area contributed by atoms with Crippen molar-refractivity contribution in [2.45, 2.75) is 13.0 Å². The smallest absolute Gasteiger partial charge is 0.176 e. The van der Waals surface area contributed by atoms with Gasteiger partial charge in [0.05, 0.1) is 25.0 Å². The van der Waals surface area contributed by atoms with Crippen molar-refractivity contribution in [3.8, 4) is 5.75 Å². The third-order valence-corrected chi connectivity index (χ3v) is 3.26. The molecule has 0 radical (unpaired) electrons. The molecule has 20 heavy (non-hydrogen) atoms. The predicted molar refractivity (Wildman–Crippen MR) is 78.0 cm³/mol.